The van der Waals surface area contributed by atoms with Gasteiger partial charge in [-0.15, -0.1) is 11.8 Å². The molecule has 0 heterocycles. The molecular formula is C15H13Br2FOS. The van der Waals surface area contributed by atoms with Crippen molar-refractivity contribution in [3.8, 4) is 0 Å². The fraction of sp³-hybridized carbons (Fsp3) is 0.200. The Balaban J connectivity index is 1.94. The molecule has 0 saturated carbocycles. The van der Waals surface area contributed by atoms with Crippen LogP contribution in [-0.4, -0.2) is 17.0 Å². The maximum atomic E-state index is 13.2. The lowest BCUT2D eigenvalue weighted by Gasteiger charge is -2.12. The first-order valence-electron chi connectivity index (χ1n) is 6.05. The van der Waals surface area contributed by atoms with E-state index in [0.29, 0.717) is 12.2 Å². The number of halogens is 3. The molecule has 0 aliphatic carbocycles. The highest BCUT2D eigenvalue weighted by atomic mass is 79.9. The molecule has 0 spiro atoms. The van der Waals surface area contributed by atoms with Crippen molar-refractivity contribution >= 4 is 43.6 Å². The van der Waals surface area contributed by atoms with Gasteiger partial charge >= 0.3 is 0 Å². The van der Waals surface area contributed by atoms with Crippen LogP contribution in [-0.2, 0) is 6.42 Å². The van der Waals surface area contributed by atoms with Gasteiger partial charge < -0.3 is 5.11 Å². The Hall–Kier alpha value is -0.360. The van der Waals surface area contributed by atoms with E-state index in [1.54, 1.807) is 17.8 Å². The summed E-state index contributed by atoms with van der Waals surface area (Å²) in [6, 6.07) is 12.4. The van der Waals surface area contributed by atoms with E-state index in [-0.39, 0.29) is 5.82 Å². The summed E-state index contributed by atoms with van der Waals surface area (Å²) in [6.07, 6.45) is -0.0966. The van der Waals surface area contributed by atoms with Gasteiger partial charge in [0, 0.05) is 26.0 Å². The molecule has 1 nitrogen and oxygen atoms in total. The Morgan fingerprint density at radius 3 is 2.60 bits per heavy atom. The number of rotatable bonds is 5. The second kappa shape index (κ2) is 7.59. The van der Waals surface area contributed by atoms with E-state index in [1.807, 2.05) is 24.3 Å². The van der Waals surface area contributed by atoms with Gasteiger partial charge in [-0.1, -0.05) is 28.1 Å². The molecule has 0 aliphatic heterocycles. The van der Waals surface area contributed by atoms with E-state index < -0.39 is 6.10 Å². The summed E-state index contributed by atoms with van der Waals surface area (Å²) in [5, 5.41) is 10.1. The van der Waals surface area contributed by atoms with Crippen molar-refractivity contribution in [2.45, 2.75) is 17.4 Å². The number of aliphatic hydroxyl groups excluding tert-OH is 1. The standard InChI is InChI=1S/C15H13Br2FOS/c16-13-6-5-11(18)7-10(13)8-12(19)9-20-15-4-2-1-3-14(15)17/h1-7,12,19H,8-9H2. The van der Waals surface area contributed by atoms with Crippen molar-refractivity contribution < 1.29 is 9.50 Å². The predicted octanol–water partition coefficient (Wildman–Crippen LogP) is 5.05. The molecule has 1 N–H and O–H groups in total. The predicted molar refractivity (Wildman–Crippen MR) is 88.7 cm³/mol. The maximum absolute atomic E-state index is 13.2. The zero-order chi connectivity index (χ0) is 14.5. The summed E-state index contributed by atoms with van der Waals surface area (Å²) < 4.78 is 15.0. The Labute approximate surface area is 138 Å². The summed E-state index contributed by atoms with van der Waals surface area (Å²) in [5.74, 6) is 0.278. The van der Waals surface area contributed by atoms with E-state index in [1.165, 1.54) is 12.1 Å². The van der Waals surface area contributed by atoms with Crippen LogP contribution >= 0.6 is 43.6 Å². The monoisotopic (exact) mass is 418 g/mol. The van der Waals surface area contributed by atoms with Crippen molar-refractivity contribution in [3.63, 3.8) is 0 Å². The van der Waals surface area contributed by atoms with E-state index in [4.69, 9.17) is 0 Å². The summed E-state index contributed by atoms with van der Waals surface area (Å²) >= 11 is 8.43. The van der Waals surface area contributed by atoms with E-state index in [2.05, 4.69) is 31.9 Å². The summed E-state index contributed by atoms with van der Waals surface area (Å²) in [5.41, 5.74) is 0.783. The molecule has 20 heavy (non-hydrogen) atoms. The van der Waals surface area contributed by atoms with Crippen LogP contribution in [0.5, 0.6) is 0 Å². The molecule has 5 heteroatoms. The Morgan fingerprint density at radius 2 is 1.85 bits per heavy atom. The zero-order valence-corrected chi connectivity index (χ0v) is 14.5. The largest absolute Gasteiger partial charge is 0.392 e. The molecule has 106 valence electrons. The number of thioether (sulfide) groups is 1. The topological polar surface area (TPSA) is 20.2 Å². The van der Waals surface area contributed by atoms with Gasteiger partial charge in [0.1, 0.15) is 5.82 Å². The van der Waals surface area contributed by atoms with Gasteiger partial charge in [0.2, 0.25) is 0 Å². The highest BCUT2D eigenvalue weighted by molar-refractivity contribution is 9.10. The van der Waals surface area contributed by atoms with Crippen LogP contribution in [0.15, 0.2) is 56.3 Å². The summed E-state index contributed by atoms with van der Waals surface area (Å²) in [7, 11) is 0. The van der Waals surface area contributed by atoms with E-state index in [9.17, 15) is 9.50 Å². The lowest BCUT2D eigenvalue weighted by Crippen LogP contribution is -2.14. The van der Waals surface area contributed by atoms with Crippen molar-refractivity contribution in [1.82, 2.24) is 0 Å². The normalized spacial score (nSPS) is 12.4. The third kappa shape index (κ3) is 4.58. The minimum Gasteiger partial charge on any atom is -0.392 e. The van der Waals surface area contributed by atoms with Gasteiger partial charge in [0.25, 0.3) is 0 Å². The molecule has 0 saturated heterocycles. The Bertz CT molecular complexity index is 592. The molecular weight excluding hydrogens is 407 g/mol. The third-order valence-corrected chi connectivity index (χ3v) is 5.68. The Kier molecular flexibility index (Phi) is 6.08. The average molecular weight is 420 g/mol. The molecule has 2 aromatic carbocycles. The van der Waals surface area contributed by atoms with Crippen LogP contribution in [0.2, 0.25) is 0 Å². The highest BCUT2D eigenvalue weighted by Gasteiger charge is 2.11. The van der Waals surface area contributed by atoms with Gasteiger partial charge in [-0.2, -0.15) is 0 Å². The molecule has 0 radical (unpaired) electrons. The van der Waals surface area contributed by atoms with E-state index >= 15 is 0 Å². The lowest BCUT2D eigenvalue weighted by molar-refractivity contribution is 0.200. The molecule has 2 aromatic rings. The van der Waals surface area contributed by atoms with Gasteiger partial charge in [0.05, 0.1) is 6.10 Å². The minimum absolute atomic E-state index is 0.283. The average Bonchev–Trinajstić information content (AvgIpc) is 2.42. The first-order chi connectivity index (χ1) is 9.56. The maximum Gasteiger partial charge on any atom is 0.123 e. The highest BCUT2D eigenvalue weighted by Crippen LogP contribution is 2.28. The molecule has 1 atom stereocenters. The summed E-state index contributed by atoms with van der Waals surface area (Å²) in [6.45, 7) is 0. The van der Waals surface area contributed by atoms with Crippen molar-refractivity contribution in [3.05, 3.63) is 62.8 Å². The quantitative estimate of drug-likeness (QED) is 0.684. The molecule has 0 fully saturated rings. The van der Waals surface area contributed by atoms with Crippen LogP contribution in [0.1, 0.15) is 5.56 Å². The number of aliphatic hydroxyl groups is 1. The van der Waals surface area contributed by atoms with Gasteiger partial charge in [-0.25, -0.2) is 4.39 Å². The fourth-order valence-corrected chi connectivity index (χ4v) is 3.67. The Morgan fingerprint density at radius 1 is 1.10 bits per heavy atom. The second-order valence-electron chi connectivity index (χ2n) is 4.34. The molecule has 1 unspecified atom stereocenters. The number of benzene rings is 2. The molecule has 0 aliphatic rings. The summed E-state index contributed by atoms with van der Waals surface area (Å²) in [4.78, 5) is 1.09. The van der Waals surface area contributed by atoms with Crippen LogP contribution in [0, 0.1) is 5.82 Å². The van der Waals surface area contributed by atoms with E-state index in [0.717, 1.165) is 19.4 Å². The number of hydrogen-bond donors (Lipinski definition) is 1. The fourth-order valence-electron chi connectivity index (χ4n) is 1.76. The van der Waals surface area contributed by atoms with Crippen molar-refractivity contribution in [2.24, 2.45) is 0 Å². The molecule has 0 bridgehead atoms. The first-order valence-corrected chi connectivity index (χ1v) is 8.62. The van der Waals surface area contributed by atoms with Gasteiger partial charge in [-0.3, -0.25) is 0 Å². The molecule has 0 amide bonds. The van der Waals surface area contributed by atoms with Crippen LogP contribution in [0.25, 0.3) is 0 Å². The zero-order valence-electron chi connectivity index (χ0n) is 10.5. The second-order valence-corrected chi connectivity index (χ2v) is 7.11. The van der Waals surface area contributed by atoms with Gasteiger partial charge in [-0.05, 0) is 51.8 Å². The third-order valence-electron chi connectivity index (χ3n) is 2.73. The SMILES string of the molecule is OC(CSc1ccccc1Br)Cc1cc(F)ccc1Br. The van der Waals surface area contributed by atoms with Crippen LogP contribution in [0.3, 0.4) is 0 Å². The lowest BCUT2D eigenvalue weighted by atomic mass is 10.1. The minimum atomic E-state index is -0.523. The molecule has 0 aromatic heterocycles. The van der Waals surface area contributed by atoms with Crippen LogP contribution < -0.4 is 0 Å². The smallest absolute Gasteiger partial charge is 0.123 e. The van der Waals surface area contributed by atoms with Crippen LogP contribution in [0.4, 0.5) is 4.39 Å². The van der Waals surface area contributed by atoms with Crippen molar-refractivity contribution in [2.75, 3.05) is 5.75 Å². The van der Waals surface area contributed by atoms with Gasteiger partial charge in [0.15, 0.2) is 0 Å². The number of hydrogen-bond acceptors (Lipinski definition) is 2. The van der Waals surface area contributed by atoms with Crippen molar-refractivity contribution in [1.29, 1.82) is 0 Å². The molecule has 2 rings (SSSR count). The first kappa shape index (κ1) is 16.0.